The molecule has 116 valence electrons. The summed E-state index contributed by atoms with van der Waals surface area (Å²) in [6, 6.07) is 13.5. The summed E-state index contributed by atoms with van der Waals surface area (Å²) >= 11 is 0. The van der Waals surface area contributed by atoms with Crippen molar-refractivity contribution in [2.24, 2.45) is 0 Å². The fourth-order valence-corrected chi connectivity index (χ4v) is 2.55. The molecule has 0 atom stereocenters. The summed E-state index contributed by atoms with van der Waals surface area (Å²) in [5.74, 6) is -0.0724. The summed E-state index contributed by atoms with van der Waals surface area (Å²) in [5, 5.41) is 7.42. The molecule has 0 aliphatic heterocycles. The summed E-state index contributed by atoms with van der Waals surface area (Å²) in [5.41, 5.74) is 4.49. The average molecular weight is 306 g/mol. The zero-order valence-electron chi connectivity index (χ0n) is 13.2. The minimum absolute atomic E-state index is 0.0724. The van der Waals surface area contributed by atoms with Crippen LogP contribution in [0.1, 0.15) is 17.0 Å². The maximum atomic E-state index is 12.3. The second-order valence-corrected chi connectivity index (χ2v) is 5.36. The first-order valence-electron chi connectivity index (χ1n) is 7.45. The largest absolute Gasteiger partial charge is 0.324 e. The Balaban J connectivity index is 1.81. The monoisotopic (exact) mass is 306 g/mol. The summed E-state index contributed by atoms with van der Waals surface area (Å²) in [6.45, 7) is 3.92. The number of para-hydroxylation sites is 1. The highest BCUT2D eigenvalue weighted by atomic mass is 16.1. The molecule has 0 aliphatic carbocycles. The number of pyridine rings is 1. The van der Waals surface area contributed by atoms with Gasteiger partial charge in [-0.15, -0.1) is 0 Å². The zero-order chi connectivity index (χ0) is 16.2. The van der Waals surface area contributed by atoms with Gasteiger partial charge in [0, 0.05) is 17.5 Å². The lowest BCUT2D eigenvalue weighted by Gasteiger charge is -2.06. The van der Waals surface area contributed by atoms with Crippen molar-refractivity contribution in [1.82, 2.24) is 14.8 Å². The molecule has 0 aliphatic rings. The predicted octanol–water partition coefficient (Wildman–Crippen LogP) is 3.07. The van der Waals surface area contributed by atoms with Crippen LogP contribution in [-0.2, 0) is 11.2 Å². The van der Waals surface area contributed by atoms with Gasteiger partial charge in [-0.1, -0.05) is 18.2 Å². The molecule has 0 fully saturated rings. The van der Waals surface area contributed by atoms with E-state index in [1.165, 1.54) is 0 Å². The molecular weight excluding hydrogens is 288 g/mol. The lowest BCUT2D eigenvalue weighted by atomic mass is 10.1. The Hall–Kier alpha value is -2.95. The zero-order valence-corrected chi connectivity index (χ0v) is 13.2. The molecule has 0 unspecified atom stereocenters. The van der Waals surface area contributed by atoms with Crippen LogP contribution in [0.4, 0.5) is 5.69 Å². The smallest absolute Gasteiger partial charge is 0.228 e. The van der Waals surface area contributed by atoms with Gasteiger partial charge in [0.05, 0.1) is 29.7 Å². The number of carbonyl (C=O) groups excluding carboxylic acids is 1. The standard InChI is InChI=1S/C18H18N4O/c1-13-17(11-18(23)20-15-7-6-10-19-12-15)14(2)22(21-13)16-8-4-3-5-9-16/h3-10,12H,11H2,1-2H3,(H,20,23). The molecule has 2 heterocycles. The number of nitrogens with zero attached hydrogens (tertiary/aromatic N) is 3. The maximum Gasteiger partial charge on any atom is 0.228 e. The molecule has 0 saturated heterocycles. The van der Waals surface area contributed by atoms with Crippen LogP contribution < -0.4 is 5.32 Å². The van der Waals surface area contributed by atoms with Gasteiger partial charge < -0.3 is 5.32 Å². The van der Waals surface area contributed by atoms with Crippen molar-refractivity contribution in [3.8, 4) is 5.69 Å². The molecule has 0 radical (unpaired) electrons. The van der Waals surface area contributed by atoms with Crippen molar-refractivity contribution < 1.29 is 4.79 Å². The van der Waals surface area contributed by atoms with Gasteiger partial charge in [0.2, 0.25) is 5.91 Å². The molecule has 23 heavy (non-hydrogen) atoms. The van der Waals surface area contributed by atoms with E-state index in [0.29, 0.717) is 12.1 Å². The van der Waals surface area contributed by atoms with Gasteiger partial charge in [-0.2, -0.15) is 5.10 Å². The third-order valence-corrected chi connectivity index (χ3v) is 3.72. The molecule has 1 N–H and O–H groups in total. The Bertz CT molecular complexity index is 810. The lowest BCUT2D eigenvalue weighted by Crippen LogP contribution is -2.15. The van der Waals surface area contributed by atoms with E-state index in [-0.39, 0.29) is 5.91 Å². The molecule has 0 bridgehead atoms. The molecule has 1 amide bonds. The normalized spacial score (nSPS) is 10.5. The number of rotatable bonds is 4. The minimum atomic E-state index is -0.0724. The first-order chi connectivity index (χ1) is 11.1. The third kappa shape index (κ3) is 3.29. The number of hydrogen-bond acceptors (Lipinski definition) is 3. The second-order valence-electron chi connectivity index (χ2n) is 5.36. The van der Waals surface area contributed by atoms with Gasteiger partial charge in [-0.25, -0.2) is 4.68 Å². The van der Waals surface area contributed by atoms with Crippen LogP contribution in [0.15, 0.2) is 54.9 Å². The molecule has 0 spiro atoms. The molecular formula is C18H18N4O. The fraction of sp³-hybridized carbons (Fsp3) is 0.167. The van der Waals surface area contributed by atoms with Crippen molar-refractivity contribution in [1.29, 1.82) is 0 Å². The van der Waals surface area contributed by atoms with Gasteiger partial charge in [-0.05, 0) is 38.1 Å². The van der Waals surface area contributed by atoms with E-state index < -0.39 is 0 Å². The topological polar surface area (TPSA) is 59.8 Å². The van der Waals surface area contributed by atoms with Crippen molar-refractivity contribution in [2.45, 2.75) is 20.3 Å². The number of benzene rings is 1. The van der Waals surface area contributed by atoms with Crippen molar-refractivity contribution in [2.75, 3.05) is 5.32 Å². The van der Waals surface area contributed by atoms with Gasteiger partial charge in [0.15, 0.2) is 0 Å². The van der Waals surface area contributed by atoms with Crippen LogP contribution in [0.5, 0.6) is 0 Å². The highest BCUT2D eigenvalue weighted by Gasteiger charge is 2.16. The highest BCUT2D eigenvalue weighted by molar-refractivity contribution is 5.92. The Morgan fingerprint density at radius 3 is 2.61 bits per heavy atom. The molecule has 5 nitrogen and oxygen atoms in total. The Labute approximate surface area is 135 Å². The number of aromatic nitrogens is 3. The predicted molar refractivity (Wildman–Crippen MR) is 89.6 cm³/mol. The van der Waals surface area contributed by atoms with Crippen molar-refractivity contribution in [3.05, 3.63) is 71.8 Å². The average Bonchev–Trinajstić information content (AvgIpc) is 2.85. The highest BCUT2D eigenvalue weighted by Crippen LogP contribution is 2.18. The molecule has 0 saturated carbocycles. The van der Waals surface area contributed by atoms with Crippen LogP contribution in [0.25, 0.3) is 5.69 Å². The van der Waals surface area contributed by atoms with E-state index in [1.807, 2.05) is 54.9 Å². The van der Waals surface area contributed by atoms with Crippen LogP contribution in [0.3, 0.4) is 0 Å². The summed E-state index contributed by atoms with van der Waals surface area (Å²) in [6.07, 6.45) is 3.60. The molecule has 2 aromatic heterocycles. The Morgan fingerprint density at radius 2 is 1.91 bits per heavy atom. The molecule has 5 heteroatoms. The van der Waals surface area contributed by atoms with Gasteiger partial charge in [0.25, 0.3) is 0 Å². The van der Waals surface area contributed by atoms with E-state index in [2.05, 4.69) is 15.4 Å². The lowest BCUT2D eigenvalue weighted by molar-refractivity contribution is -0.115. The van der Waals surface area contributed by atoms with Crippen molar-refractivity contribution in [3.63, 3.8) is 0 Å². The number of aryl methyl sites for hydroxylation is 1. The SMILES string of the molecule is Cc1nn(-c2ccccc2)c(C)c1CC(=O)Nc1cccnc1. The van der Waals surface area contributed by atoms with E-state index in [9.17, 15) is 4.79 Å². The number of nitrogens with one attached hydrogen (secondary N) is 1. The Kier molecular flexibility index (Phi) is 4.19. The van der Waals surface area contributed by atoms with Crippen LogP contribution >= 0.6 is 0 Å². The van der Waals surface area contributed by atoms with Gasteiger partial charge in [-0.3, -0.25) is 9.78 Å². The summed E-state index contributed by atoms with van der Waals surface area (Å²) in [4.78, 5) is 16.2. The number of anilines is 1. The fourth-order valence-electron chi connectivity index (χ4n) is 2.55. The molecule has 3 aromatic rings. The van der Waals surface area contributed by atoms with Crippen LogP contribution in [-0.4, -0.2) is 20.7 Å². The quantitative estimate of drug-likeness (QED) is 0.806. The van der Waals surface area contributed by atoms with E-state index in [0.717, 1.165) is 22.6 Å². The van der Waals surface area contributed by atoms with E-state index >= 15 is 0 Å². The van der Waals surface area contributed by atoms with Crippen molar-refractivity contribution >= 4 is 11.6 Å². The summed E-state index contributed by atoms with van der Waals surface area (Å²) in [7, 11) is 0. The Morgan fingerprint density at radius 1 is 1.13 bits per heavy atom. The van der Waals surface area contributed by atoms with E-state index in [1.54, 1.807) is 18.5 Å². The number of hydrogen-bond donors (Lipinski definition) is 1. The number of carbonyl (C=O) groups is 1. The number of amides is 1. The summed E-state index contributed by atoms with van der Waals surface area (Å²) < 4.78 is 1.88. The minimum Gasteiger partial charge on any atom is -0.324 e. The first-order valence-corrected chi connectivity index (χ1v) is 7.45. The van der Waals surface area contributed by atoms with Crippen LogP contribution in [0.2, 0.25) is 0 Å². The van der Waals surface area contributed by atoms with Crippen LogP contribution in [0, 0.1) is 13.8 Å². The van der Waals surface area contributed by atoms with Gasteiger partial charge in [0.1, 0.15) is 0 Å². The third-order valence-electron chi connectivity index (χ3n) is 3.72. The first kappa shape index (κ1) is 15.0. The van der Waals surface area contributed by atoms with E-state index in [4.69, 9.17) is 0 Å². The van der Waals surface area contributed by atoms with Gasteiger partial charge >= 0.3 is 0 Å². The second kappa shape index (κ2) is 6.44. The molecule has 1 aromatic carbocycles. The maximum absolute atomic E-state index is 12.3. The molecule has 3 rings (SSSR count).